The molecule has 6 nitrogen and oxygen atoms in total. The minimum absolute atomic E-state index is 0.00339. The summed E-state index contributed by atoms with van der Waals surface area (Å²) in [5.41, 5.74) is -3.01. The van der Waals surface area contributed by atoms with Gasteiger partial charge in [0.1, 0.15) is 5.78 Å². The molecule has 0 heterocycles. The van der Waals surface area contributed by atoms with Crippen molar-refractivity contribution in [3.63, 3.8) is 0 Å². The Labute approximate surface area is 167 Å². The number of hydrogen-bond acceptors (Lipinski definition) is 6. The maximum Gasteiger partial charge on any atom is 0.171 e. The Morgan fingerprint density at radius 1 is 1.25 bits per heavy atom. The predicted molar refractivity (Wildman–Crippen MR) is 103 cm³/mol. The lowest BCUT2D eigenvalue weighted by Gasteiger charge is -2.61. The molecule has 3 N–H and O–H groups in total. The predicted octanol–water partition coefficient (Wildman–Crippen LogP) is 1.65. The van der Waals surface area contributed by atoms with Gasteiger partial charge in [-0.1, -0.05) is 26.0 Å². The molecule has 3 saturated carbocycles. The number of methoxy groups -OCH3 is 1. The summed E-state index contributed by atoms with van der Waals surface area (Å²) in [6, 6.07) is 0. The second-order valence-electron chi connectivity index (χ2n) is 9.87. The zero-order valence-corrected chi connectivity index (χ0v) is 17.4. The van der Waals surface area contributed by atoms with Gasteiger partial charge in [-0.2, -0.15) is 0 Å². The molecule has 2 bridgehead atoms. The van der Waals surface area contributed by atoms with E-state index in [9.17, 15) is 24.9 Å². The number of aliphatic hydroxyl groups is 3. The van der Waals surface area contributed by atoms with Gasteiger partial charge in [0.15, 0.2) is 11.4 Å². The average Bonchev–Trinajstić information content (AvgIpc) is 2.58. The van der Waals surface area contributed by atoms with Crippen molar-refractivity contribution >= 4 is 11.6 Å². The van der Waals surface area contributed by atoms with Crippen LogP contribution in [0.25, 0.3) is 0 Å². The Morgan fingerprint density at radius 3 is 2.46 bits per heavy atom. The summed E-state index contributed by atoms with van der Waals surface area (Å²) in [5.74, 6) is -2.24. The number of carbonyl (C=O) groups excluding carboxylic acids is 2. The zero-order chi connectivity index (χ0) is 21.1. The summed E-state index contributed by atoms with van der Waals surface area (Å²) in [7, 11) is 1.49. The van der Waals surface area contributed by atoms with Crippen LogP contribution < -0.4 is 0 Å². The number of fused-ring (bicyclic) bond motifs is 2. The van der Waals surface area contributed by atoms with Crippen LogP contribution in [0.1, 0.15) is 52.9 Å². The second-order valence-corrected chi connectivity index (χ2v) is 9.87. The molecule has 158 valence electrons. The van der Waals surface area contributed by atoms with Gasteiger partial charge in [-0.05, 0) is 31.6 Å². The molecule has 0 saturated heterocycles. The highest BCUT2D eigenvalue weighted by atomic mass is 16.5. The molecule has 0 aliphatic heterocycles. The zero-order valence-electron chi connectivity index (χ0n) is 17.4. The van der Waals surface area contributed by atoms with E-state index in [-0.39, 0.29) is 30.1 Å². The fourth-order valence-corrected chi connectivity index (χ4v) is 6.85. The Balaban J connectivity index is 2.21. The maximum atomic E-state index is 13.5. The Morgan fingerprint density at radius 2 is 1.89 bits per heavy atom. The standard InChI is InChI=1S/C22H34O6/c1-12-10-17(25)22(27)15(7-6-14(12)19(22)26)21(11-28-5)16(24)8-9-20(3,4)18(21)13(2)23/h13-15,18-19,23,26-27H,1,6-11H2,2-5H3. The van der Waals surface area contributed by atoms with Crippen molar-refractivity contribution in [2.24, 2.45) is 28.6 Å². The van der Waals surface area contributed by atoms with E-state index in [1.807, 2.05) is 13.8 Å². The van der Waals surface area contributed by atoms with Crippen molar-refractivity contribution in [3.8, 4) is 0 Å². The molecule has 0 spiro atoms. The van der Waals surface area contributed by atoms with Gasteiger partial charge in [-0.3, -0.25) is 9.59 Å². The van der Waals surface area contributed by atoms with Crippen LogP contribution in [0, 0.1) is 28.6 Å². The van der Waals surface area contributed by atoms with Gasteiger partial charge in [0, 0.05) is 37.7 Å². The van der Waals surface area contributed by atoms with Gasteiger partial charge in [-0.15, -0.1) is 0 Å². The van der Waals surface area contributed by atoms with Crippen LogP contribution in [0.15, 0.2) is 12.2 Å². The van der Waals surface area contributed by atoms with Gasteiger partial charge in [-0.25, -0.2) is 0 Å². The highest BCUT2D eigenvalue weighted by molar-refractivity contribution is 5.94. The number of hydrogen-bond donors (Lipinski definition) is 3. The molecule has 28 heavy (non-hydrogen) atoms. The number of ether oxygens (including phenoxy) is 1. The minimum atomic E-state index is -2.03. The van der Waals surface area contributed by atoms with Crippen molar-refractivity contribution in [1.29, 1.82) is 0 Å². The van der Waals surface area contributed by atoms with E-state index in [1.54, 1.807) is 6.92 Å². The van der Waals surface area contributed by atoms with E-state index in [2.05, 4.69) is 6.58 Å². The quantitative estimate of drug-likeness (QED) is 0.627. The average molecular weight is 395 g/mol. The van der Waals surface area contributed by atoms with Gasteiger partial charge in [0.2, 0.25) is 0 Å². The lowest BCUT2D eigenvalue weighted by Crippen LogP contribution is -2.72. The van der Waals surface area contributed by atoms with Crippen molar-refractivity contribution in [2.75, 3.05) is 13.7 Å². The van der Waals surface area contributed by atoms with Crippen molar-refractivity contribution in [3.05, 3.63) is 12.2 Å². The SMILES string of the molecule is C=C1CC(=O)C2(O)C(O)C1CCC2C1(COC)C(=O)CCC(C)(C)C1C(C)O. The summed E-state index contributed by atoms with van der Waals surface area (Å²) >= 11 is 0. The third-order valence-corrected chi connectivity index (χ3v) is 7.89. The maximum absolute atomic E-state index is 13.5. The summed E-state index contributed by atoms with van der Waals surface area (Å²) in [6.45, 7) is 9.60. The first-order valence-electron chi connectivity index (χ1n) is 10.3. The van der Waals surface area contributed by atoms with Crippen LogP contribution in [0.4, 0.5) is 0 Å². The first kappa shape index (κ1) is 21.6. The van der Waals surface area contributed by atoms with Crippen LogP contribution >= 0.6 is 0 Å². The molecule has 7 atom stereocenters. The van der Waals surface area contributed by atoms with Crippen molar-refractivity contribution < 1.29 is 29.6 Å². The van der Waals surface area contributed by atoms with Gasteiger partial charge < -0.3 is 20.1 Å². The topological polar surface area (TPSA) is 104 Å². The van der Waals surface area contributed by atoms with Crippen molar-refractivity contribution in [2.45, 2.75) is 70.7 Å². The minimum Gasteiger partial charge on any atom is -0.393 e. The van der Waals surface area contributed by atoms with Gasteiger partial charge >= 0.3 is 0 Å². The Kier molecular flexibility index (Phi) is 5.41. The number of aliphatic hydroxyl groups excluding tert-OH is 2. The molecule has 0 amide bonds. The Hall–Kier alpha value is -1.08. The largest absolute Gasteiger partial charge is 0.393 e. The first-order chi connectivity index (χ1) is 12.9. The lowest BCUT2D eigenvalue weighted by atomic mass is 9.43. The third-order valence-electron chi connectivity index (χ3n) is 7.89. The fraction of sp³-hybridized carbons (Fsp3) is 0.818. The van der Waals surface area contributed by atoms with Crippen LogP contribution in [0.2, 0.25) is 0 Å². The molecule has 0 aromatic carbocycles. The molecule has 0 aromatic heterocycles. The highest BCUT2D eigenvalue weighted by Gasteiger charge is 2.69. The van der Waals surface area contributed by atoms with Crippen LogP contribution in [0.3, 0.4) is 0 Å². The molecular weight excluding hydrogens is 360 g/mol. The molecule has 3 fully saturated rings. The van der Waals surface area contributed by atoms with Crippen LogP contribution in [-0.2, 0) is 14.3 Å². The normalized spacial score (nSPS) is 44.5. The Bertz CT molecular complexity index is 683. The van der Waals surface area contributed by atoms with E-state index < -0.39 is 40.8 Å². The molecule has 6 heteroatoms. The fourth-order valence-electron chi connectivity index (χ4n) is 6.85. The molecule has 3 aliphatic carbocycles. The highest BCUT2D eigenvalue weighted by Crippen LogP contribution is 2.61. The molecule has 7 unspecified atom stereocenters. The molecule has 3 rings (SSSR count). The lowest BCUT2D eigenvalue weighted by molar-refractivity contribution is -0.227. The smallest absolute Gasteiger partial charge is 0.171 e. The molecule has 3 aliphatic rings. The van der Waals surface area contributed by atoms with Gasteiger partial charge in [0.25, 0.3) is 0 Å². The first-order valence-corrected chi connectivity index (χ1v) is 10.3. The summed E-state index contributed by atoms with van der Waals surface area (Å²) < 4.78 is 5.50. The molecule has 0 radical (unpaired) electrons. The number of ketones is 2. The van der Waals surface area contributed by atoms with Crippen LogP contribution in [0.5, 0.6) is 0 Å². The number of Topliss-reactive ketones (excluding diaryl/α,β-unsaturated/α-hetero) is 2. The van der Waals surface area contributed by atoms with Gasteiger partial charge in [0.05, 0.1) is 24.2 Å². The van der Waals surface area contributed by atoms with E-state index >= 15 is 0 Å². The molecule has 0 aromatic rings. The van der Waals surface area contributed by atoms with Crippen molar-refractivity contribution in [1.82, 2.24) is 0 Å². The van der Waals surface area contributed by atoms with E-state index in [1.165, 1.54) is 7.11 Å². The summed E-state index contributed by atoms with van der Waals surface area (Å²) in [5, 5.41) is 33.3. The van der Waals surface area contributed by atoms with E-state index in [4.69, 9.17) is 4.74 Å². The third kappa shape index (κ3) is 2.76. The number of rotatable bonds is 4. The van der Waals surface area contributed by atoms with E-state index in [0.717, 1.165) is 0 Å². The summed E-state index contributed by atoms with van der Waals surface area (Å²) in [4.78, 5) is 26.5. The van der Waals surface area contributed by atoms with Crippen LogP contribution in [-0.4, -0.2) is 58.4 Å². The molecular formula is C22H34O6. The number of carbonyl (C=O) groups is 2. The second kappa shape index (κ2) is 7.01. The van der Waals surface area contributed by atoms with E-state index in [0.29, 0.717) is 31.3 Å². The monoisotopic (exact) mass is 394 g/mol. The summed E-state index contributed by atoms with van der Waals surface area (Å²) in [6.07, 6.45) is -0.249.